The maximum Gasteiger partial charge on any atom is 0.261 e. The molecule has 3 heterocycles. The molecule has 0 unspecified atom stereocenters. The summed E-state index contributed by atoms with van der Waals surface area (Å²) in [6.45, 7) is 4.52. The van der Waals surface area contributed by atoms with Crippen LogP contribution in [0.3, 0.4) is 0 Å². The van der Waals surface area contributed by atoms with Crippen LogP contribution in [0.25, 0.3) is 0 Å². The molecule has 1 saturated heterocycles. The van der Waals surface area contributed by atoms with Gasteiger partial charge in [-0.05, 0) is 38.3 Å². The van der Waals surface area contributed by atoms with E-state index in [4.69, 9.17) is 0 Å². The highest BCUT2D eigenvalue weighted by Crippen LogP contribution is 2.21. The third-order valence-corrected chi connectivity index (χ3v) is 4.85. The van der Waals surface area contributed by atoms with Crippen molar-refractivity contribution in [3.8, 4) is 0 Å². The van der Waals surface area contributed by atoms with Crippen LogP contribution in [-0.2, 0) is 7.05 Å². The van der Waals surface area contributed by atoms with Gasteiger partial charge in [-0.2, -0.15) is 0 Å². The minimum atomic E-state index is -0.384. The Bertz CT molecular complexity index is 881. The molecular weight excluding hydrogens is 320 g/mol. The monoisotopic (exact) mass is 342 g/mol. The summed E-state index contributed by atoms with van der Waals surface area (Å²) < 4.78 is 1.69. The molecule has 0 radical (unpaired) electrons. The summed E-state index contributed by atoms with van der Waals surface area (Å²) in [6, 6.07) is 1.63. The minimum Gasteiger partial charge on any atom is -0.338 e. The van der Waals surface area contributed by atoms with Gasteiger partial charge in [-0.15, -0.1) is 0 Å². The number of likely N-dealkylation sites (tertiary alicyclic amines) is 1. The largest absolute Gasteiger partial charge is 0.338 e. The van der Waals surface area contributed by atoms with Gasteiger partial charge in [0.25, 0.3) is 11.5 Å². The van der Waals surface area contributed by atoms with Gasteiger partial charge in [-0.3, -0.25) is 14.4 Å². The fourth-order valence-corrected chi connectivity index (χ4v) is 3.22. The number of H-pyrrole nitrogens is 1. The number of aromatic amines is 1. The van der Waals surface area contributed by atoms with Crippen LogP contribution in [-0.4, -0.2) is 44.2 Å². The van der Waals surface area contributed by atoms with Crippen LogP contribution in [0, 0.1) is 19.8 Å². The van der Waals surface area contributed by atoms with Gasteiger partial charge in [-0.25, -0.2) is 4.98 Å². The molecule has 1 atom stereocenters. The molecule has 1 amide bonds. The molecule has 1 N–H and O–H groups in total. The van der Waals surface area contributed by atoms with E-state index in [1.807, 2.05) is 6.92 Å². The Morgan fingerprint density at radius 3 is 2.76 bits per heavy atom. The average molecular weight is 342 g/mol. The number of carbonyl (C=O) groups excluding carboxylic acids is 2. The van der Waals surface area contributed by atoms with E-state index in [2.05, 4.69) is 9.97 Å². The smallest absolute Gasteiger partial charge is 0.261 e. The summed E-state index contributed by atoms with van der Waals surface area (Å²) in [4.78, 5) is 46.0. The van der Waals surface area contributed by atoms with Crippen LogP contribution in [0.15, 0.2) is 23.3 Å². The van der Waals surface area contributed by atoms with Crippen LogP contribution in [0.4, 0.5) is 0 Å². The Hall–Kier alpha value is -2.70. The number of piperidine rings is 1. The Kier molecular flexibility index (Phi) is 4.57. The van der Waals surface area contributed by atoms with Crippen molar-refractivity contribution in [1.82, 2.24) is 19.4 Å². The Morgan fingerprint density at radius 1 is 1.32 bits per heavy atom. The van der Waals surface area contributed by atoms with Gasteiger partial charge < -0.3 is 14.5 Å². The number of Topliss-reactive ketones (excluding diaryl/α,β-unsaturated/α-hetero) is 1. The quantitative estimate of drug-likeness (QED) is 0.856. The summed E-state index contributed by atoms with van der Waals surface area (Å²) in [5.41, 5.74) is 1.36. The Balaban J connectivity index is 1.81. The zero-order valence-electron chi connectivity index (χ0n) is 14.7. The molecule has 2 aromatic heterocycles. The number of imidazole rings is 1. The second kappa shape index (κ2) is 6.66. The molecule has 3 rings (SSSR count). The standard InChI is InChI=1S/C18H22N4O3/c1-11-9-14(17(24)20-12(11)2)18(25)22-7-4-5-13(10-22)15(23)16-19-6-8-21(16)3/h6,8-9,13H,4-5,7,10H2,1-3H3,(H,20,24)/t13-/m1/s1. The van der Waals surface area contributed by atoms with Crippen molar-refractivity contribution >= 4 is 11.7 Å². The van der Waals surface area contributed by atoms with Crippen molar-refractivity contribution in [2.75, 3.05) is 13.1 Å². The van der Waals surface area contributed by atoms with E-state index in [0.29, 0.717) is 18.9 Å². The molecule has 7 heteroatoms. The molecule has 0 aromatic carbocycles. The molecule has 1 aliphatic rings. The second-order valence-electron chi connectivity index (χ2n) is 6.64. The van der Waals surface area contributed by atoms with Crippen molar-refractivity contribution in [3.05, 3.63) is 51.5 Å². The zero-order chi connectivity index (χ0) is 18.1. The van der Waals surface area contributed by atoms with Crippen molar-refractivity contribution < 1.29 is 9.59 Å². The average Bonchev–Trinajstić information content (AvgIpc) is 3.03. The fraction of sp³-hybridized carbons (Fsp3) is 0.444. The van der Waals surface area contributed by atoms with E-state index < -0.39 is 0 Å². The number of amides is 1. The van der Waals surface area contributed by atoms with E-state index in [1.165, 1.54) is 0 Å². The Labute approximate surface area is 145 Å². The van der Waals surface area contributed by atoms with Gasteiger partial charge in [0.1, 0.15) is 5.56 Å². The topological polar surface area (TPSA) is 88.1 Å². The van der Waals surface area contributed by atoms with E-state index in [0.717, 1.165) is 24.1 Å². The van der Waals surface area contributed by atoms with Gasteiger partial charge in [0.05, 0.1) is 0 Å². The van der Waals surface area contributed by atoms with Crippen molar-refractivity contribution in [2.45, 2.75) is 26.7 Å². The normalized spacial score (nSPS) is 17.6. The number of ketones is 1. The van der Waals surface area contributed by atoms with Crippen molar-refractivity contribution in [1.29, 1.82) is 0 Å². The number of aromatic nitrogens is 3. The maximum atomic E-state index is 12.8. The number of aryl methyl sites for hydroxylation is 3. The molecule has 132 valence electrons. The zero-order valence-corrected chi connectivity index (χ0v) is 14.7. The number of rotatable bonds is 3. The number of carbonyl (C=O) groups is 2. The van der Waals surface area contributed by atoms with E-state index >= 15 is 0 Å². The lowest BCUT2D eigenvalue weighted by Gasteiger charge is -2.31. The number of nitrogens with one attached hydrogen (secondary N) is 1. The lowest BCUT2D eigenvalue weighted by molar-refractivity contribution is 0.0631. The first-order valence-electron chi connectivity index (χ1n) is 8.40. The first kappa shape index (κ1) is 17.1. The summed E-state index contributed by atoms with van der Waals surface area (Å²) in [7, 11) is 1.78. The minimum absolute atomic E-state index is 0.0565. The van der Waals surface area contributed by atoms with Gasteiger partial charge in [-0.1, -0.05) is 0 Å². The van der Waals surface area contributed by atoms with Crippen LogP contribution in [0.1, 0.15) is 45.1 Å². The highest BCUT2D eigenvalue weighted by Gasteiger charge is 2.31. The van der Waals surface area contributed by atoms with E-state index in [-0.39, 0.29) is 28.7 Å². The molecule has 1 fully saturated rings. The number of nitrogens with zero attached hydrogens (tertiary/aromatic N) is 3. The molecule has 0 bridgehead atoms. The molecule has 1 aliphatic heterocycles. The molecule has 0 spiro atoms. The lowest BCUT2D eigenvalue weighted by atomic mass is 9.92. The molecule has 25 heavy (non-hydrogen) atoms. The van der Waals surface area contributed by atoms with Crippen LogP contribution in [0.2, 0.25) is 0 Å². The molecule has 0 aliphatic carbocycles. The summed E-state index contributed by atoms with van der Waals surface area (Å²) in [5.74, 6) is -0.256. The van der Waals surface area contributed by atoms with Gasteiger partial charge in [0.2, 0.25) is 5.78 Å². The van der Waals surface area contributed by atoms with Crippen molar-refractivity contribution in [3.63, 3.8) is 0 Å². The lowest BCUT2D eigenvalue weighted by Crippen LogP contribution is -2.44. The van der Waals surface area contributed by atoms with Crippen LogP contribution < -0.4 is 5.56 Å². The first-order chi connectivity index (χ1) is 11.9. The predicted octanol–water partition coefficient (Wildman–Crippen LogP) is 1.46. The highest BCUT2D eigenvalue weighted by atomic mass is 16.2. The highest BCUT2D eigenvalue weighted by molar-refractivity contribution is 5.97. The second-order valence-corrected chi connectivity index (χ2v) is 6.64. The predicted molar refractivity (Wildman–Crippen MR) is 92.7 cm³/mol. The van der Waals surface area contributed by atoms with E-state index in [9.17, 15) is 14.4 Å². The summed E-state index contributed by atoms with van der Waals surface area (Å²) >= 11 is 0. The molecule has 0 saturated carbocycles. The van der Waals surface area contributed by atoms with Crippen LogP contribution >= 0.6 is 0 Å². The number of pyridine rings is 1. The fourth-order valence-electron chi connectivity index (χ4n) is 3.22. The third kappa shape index (κ3) is 3.26. The maximum absolute atomic E-state index is 12.8. The Morgan fingerprint density at radius 2 is 2.08 bits per heavy atom. The SMILES string of the molecule is Cc1cc(C(=O)N2CCC[C@@H](C(=O)c3nccn3C)C2)c(=O)[nH]c1C. The molecule has 2 aromatic rings. The molecule has 7 nitrogen and oxygen atoms in total. The third-order valence-electron chi connectivity index (χ3n) is 4.85. The summed E-state index contributed by atoms with van der Waals surface area (Å²) in [5, 5.41) is 0. The number of hydrogen-bond acceptors (Lipinski definition) is 4. The van der Waals surface area contributed by atoms with Gasteiger partial charge >= 0.3 is 0 Å². The summed E-state index contributed by atoms with van der Waals surface area (Å²) in [6.07, 6.45) is 4.77. The first-order valence-corrected chi connectivity index (χ1v) is 8.40. The number of hydrogen-bond donors (Lipinski definition) is 1. The van der Waals surface area contributed by atoms with Gasteiger partial charge in [0, 0.05) is 44.1 Å². The van der Waals surface area contributed by atoms with E-state index in [1.54, 1.807) is 41.9 Å². The van der Waals surface area contributed by atoms with Crippen molar-refractivity contribution in [2.24, 2.45) is 13.0 Å². The van der Waals surface area contributed by atoms with Gasteiger partial charge in [0.15, 0.2) is 5.82 Å². The van der Waals surface area contributed by atoms with Crippen LogP contribution in [0.5, 0.6) is 0 Å². The molecular formula is C18H22N4O3.